The van der Waals surface area contributed by atoms with E-state index in [0.717, 1.165) is 44.9 Å². The lowest BCUT2D eigenvalue weighted by molar-refractivity contribution is -0.168. The molecule has 1 unspecified atom stereocenters. The molecule has 24 heavy (non-hydrogen) atoms. The number of rotatable bonds is 2. The van der Waals surface area contributed by atoms with Gasteiger partial charge in [0.1, 0.15) is 11.8 Å². The molecule has 6 nitrogen and oxygen atoms in total. The maximum absolute atomic E-state index is 13.1. The van der Waals surface area contributed by atoms with Gasteiger partial charge in [0.2, 0.25) is 11.8 Å². The van der Waals surface area contributed by atoms with Gasteiger partial charge in [-0.2, -0.15) is 0 Å². The number of carbonyl (C=O) groups excluding carboxylic acids is 2. The first kappa shape index (κ1) is 16.3. The lowest BCUT2D eigenvalue weighted by Crippen LogP contribution is -2.59. The lowest BCUT2D eigenvalue weighted by atomic mass is 9.82. The molecule has 134 valence electrons. The normalized spacial score (nSPS) is 30.4. The Morgan fingerprint density at radius 2 is 1.62 bits per heavy atom. The summed E-state index contributed by atoms with van der Waals surface area (Å²) in [6, 6.07) is -0.436. The molecular weight excluding hydrogens is 308 g/mol. The first-order valence-corrected chi connectivity index (χ1v) is 9.55. The van der Waals surface area contributed by atoms with Gasteiger partial charge in [-0.25, -0.2) is 0 Å². The van der Waals surface area contributed by atoms with Gasteiger partial charge in [-0.3, -0.25) is 14.5 Å². The predicted octanol–water partition coefficient (Wildman–Crippen LogP) is 1.53. The Labute approximate surface area is 143 Å². The monoisotopic (exact) mass is 336 g/mol. The van der Waals surface area contributed by atoms with Crippen molar-refractivity contribution in [3.8, 4) is 0 Å². The fourth-order valence-corrected chi connectivity index (χ4v) is 4.53. The number of hydrogen-bond acceptors (Lipinski definition) is 4. The van der Waals surface area contributed by atoms with Crippen molar-refractivity contribution in [3.63, 3.8) is 0 Å². The van der Waals surface area contributed by atoms with Crippen molar-refractivity contribution < 1.29 is 19.1 Å². The zero-order valence-electron chi connectivity index (χ0n) is 14.4. The highest BCUT2D eigenvalue weighted by Crippen LogP contribution is 2.43. The van der Waals surface area contributed by atoms with E-state index in [1.807, 2.05) is 9.80 Å². The van der Waals surface area contributed by atoms with Crippen LogP contribution in [0.2, 0.25) is 0 Å². The predicted molar refractivity (Wildman–Crippen MR) is 87.1 cm³/mol. The summed E-state index contributed by atoms with van der Waals surface area (Å²) in [6.07, 6.45) is 8.14. The second kappa shape index (κ2) is 6.64. The summed E-state index contributed by atoms with van der Waals surface area (Å²) in [7, 11) is 0. The number of nitrogens with zero attached hydrogens (tertiary/aromatic N) is 2. The van der Waals surface area contributed by atoms with E-state index in [4.69, 9.17) is 9.47 Å². The fraction of sp³-hybridized carbons (Fsp3) is 0.889. The van der Waals surface area contributed by atoms with Crippen molar-refractivity contribution in [2.45, 2.75) is 63.1 Å². The van der Waals surface area contributed by atoms with Crippen molar-refractivity contribution in [1.29, 1.82) is 0 Å². The van der Waals surface area contributed by atoms with Crippen molar-refractivity contribution >= 4 is 11.8 Å². The molecule has 0 bridgehead atoms. The summed E-state index contributed by atoms with van der Waals surface area (Å²) in [5.74, 6) is 0.311. The van der Waals surface area contributed by atoms with E-state index in [1.165, 1.54) is 6.42 Å². The standard InChI is InChI=1S/C18H28N2O4/c21-16(14-5-4-6-14)20-15(17(22)19-9-11-23-12-10-19)13-24-18(20)7-2-1-3-8-18/h14-15H,1-13H2. The molecule has 0 N–H and O–H groups in total. The van der Waals surface area contributed by atoms with Crippen molar-refractivity contribution in [1.82, 2.24) is 9.80 Å². The van der Waals surface area contributed by atoms with Gasteiger partial charge < -0.3 is 14.4 Å². The molecule has 2 saturated heterocycles. The Hall–Kier alpha value is -1.14. The molecule has 4 rings (SSSR count). The quantitative estimate of drug-likeness (QED) is 0.767. The summed E-state index contributed by atoms with van der Waals surface area (Å²) in [4.78, 5) is 29.9. The minimum Gasteiger partial charge on any atom is -0.378 e. The van der Waals surface area contributed by atoms with Crippen LogP contribution in [0.3, 0.4) is 0 Å². The van der Waals surface area contributed by atoms with Crippen LogP contribution < -0.4 is 0 Å². The van der Waals surface area contributed by atoms with Crippen molar-refractivity contribution in [2.75, 3.05) is 32.9 Å². The van der Waals surface area contributed by atoms with Gasteiger partial charge >= 0.3 is 0 Å². The minimum absolute atomic E-state index is 0.0495. The van der Waals surface area contributed by atoms with Gasteiger partial charge in [0.05, 0.1) is 19.8 Å². The Balaban J connectivity index is 1.57. The van der Waals surface area contributed by atoms with Gasteiger partial charge in [-0.05, 0) is 38.5 Å². The second-order valence-corrected chi connectivity index (χ2v) is 7.61. The van der Waals surface area contributed by atoms with Crippen LogP contribution in [0, 0.1) is 5.92 Å². The van der Waals surface area contributed by atoms with E-state index in [1.54, 1.807) is 0 Å². The molecule has 2 saturated carbocycles. The van der Waals surface area contributed by atoms with Gasteiger partial charge in [-0.15, -0.1) is 0 Å². The number of ether oxygens (including phenoxy) is 2. The van der Waals surface area contributed by atoms with Crippen LogP contribution in [0.1, 0.15) is 51.4 Å². The Morgan fingerprint density at radius 3 is 2.25 bits per heavy atom. The van der Waals surface area contributed by atoms with Crippen LogP contribution in [-0.4, -0.2) is 66.3 Å². The van der Waals surface area contributed by atoms with Crippen LogP contribution in [0.15, 0.2) is 0 Å². The average molecular weight is 336 g/mol. The number of carbonyl (C=O) groups is 2. The lowest BCUT2D eigenvalue weighted by Gasteiger charge is -2.44. The molecule has 0 aromatic rings. The van der Waals surface area contributed by atoms with Crippen LogP contribution >= 0.6 is 0 Å². The third kappa shape index (κ3) is 2.73. The zero-order chi connectivity index (χ0) is 16.6. The molecule has 4 fully saturated rings. The highest BCUT2D eigenvalue weighted by atomic mass is 16.5. The Bertz CT molecular complexity index is 493. The molecule has 4 aliphatic rings. The van der Waals surface area contributed by atoms with Gasteiger partial charge in [0, 0.05) is 19.0 Å². The van der Waals surface area contributed by atoms with Crippen LogP contribution in [0.4, 0.5) is 0 Å². The van der Waals surface area contributed by atoms with Gasteiger partial charge in [-0.1, -0.05) is 12.8 Å². The van der Waals surface area contributed by atoms with Gasteiger partial charge in [0.25, 0.3) is 0 Å². The molecule has 2 aliphatic heterocycles. The zero-order valence-corrected chi connectivity index (χ0v) is 14.4. The number of hydrogen-bond donors (Lipinski definition) is 0. The SMILES string of the molecule is O=C(C1COC2(CCCCC2)N1C(=O)C1CCC1)N1CCOCC1. The molecule has 2 amide bonds. The van der Waals surface area contributed by atoms with Crippen molar-refractivity contribution in [3.05, 3.63) is 0 Å². The first-order chi connectivity index (χ1) is 11.7. The average Bonchev–Trinajstić information content (AvgIpc) is 2.92. The fourth-order valence-electron chi connectivity index (χ4n) is 4.53. The number of amides is 2. The minimum atomic E-state index is -0.516. The number of morpholine rings is 1. The van der Waals surface area contributed by atoms with Crippen LogP contribution in [0.25, 0.3) is 0 Å². The molecule has 6 heteroatoms. The summed E-state index contributed by atoms with van der Waals surface area (Å²) in [5, 5.41) is 0. The molecule has 2 heterocycles. The maximum atomic E-state index is 13.1. The smallest absolute Gasteiger partial charge is 0.248 e. The summed E-state index contributed by atoms with van der Waals surface area (Å²) in [6.45, 7) is 2.76. The van der Waals surface area contributed by atoms with E-state index < -0.39 is 11.8 Å². The molecule has 0 radical (unpaired) electrons. The van der Waals surface area contributed by atoms with Crippen molar-refractivity contribution in [2.24, 2.45) is 5.92 Å². The molecule has 1 spiro atoms. The third-order valence-corrected chi connectivity index (χ3v) is 6.20. The molecule has 2 aliphatic carbocycles. The van der Waals surface area contributed by atoms with E-state index in [-0.39, 0.29) is 17.7 Å². The second-order valence-electron chi connectivity index (χ2n) is 7.61. The van der Waals surface area contributed by atoms with E-state index in [2.05, 4.69) is 0 Å². The Morgan fingerprint density at radius 1 is 0.917 bits per heavy atom. The van der Waals surface area contributed by atoms with E-state index >= 15 is 0 Å². The van der Waals surface area contributed by atoms with E-state index in [0.29, 0.717) is 32.9 Å². The van der Waals surface area contributed by atoms with Gasteiger partial charge in [0.15, 0.2) is 0 Å². The first-order valence-electron chi connectivity index (χ1n) is 9.55. The maximum Gasteiger partial charge on any atom is 0.248 e. The van der Waals surface area contributed by atoms with Crippen LogP contribution in [-0.2, 0) is 19.1 Å². The third-order valence-electron chi connectivity index (χ3n) is 6.20. The highest BCUT2D eigenvalue weighted by molar-refractivity contribution is 5.90. The Kier molecular flexibility index (Phi) is 4.52. The molecule has 0 aromatic heterocycles. The highest BCUT2D eigenvalue weighted by Gasteiger charge is 2.54. The molecular formula is C18H28N2O4. The summed E-state index contributed by atoms with van der Waals surface area (Å²) in [5.41, 5.74) is -0.516. The largest absolute Gasteiger partial charge is 0.378 e. The molecule has 0 aromatic carbocycles. The summed E-state index contributed by atoms with van der Waals surface area (Å²) >= 11 is 0. The van der Waals surface area contributed by atoms with E-state index in [9.17, 15) is 9.59 Å². The summed E-state index contributed by atoms with van der Waals surface area (Å²) < 4.78 is 11.5. The molecule has 1 atom stereocenters. The van der Waals surface area contributed by atoms with Crippen LogP contribution in [0.5, 0.6) is 0 Å². The topological polar surface area (TPSA) is 59.1 Å².